The van der Waals surface area contributed by atoms with Gasteiger partial charge in [0.05, 0.1) is 11.6 Å². The summed E-state index contributed by atoms with van der Waals surface area (Å²) in [5.41, 5.74) is 1.55. The molecule has 1 N–H and O–H groups in total. The fraction of sp³-hybridized carbons (Fsp3) is 0.515. The van der Waals surface area contributed by atoms with Crippen LogP contribution in [0.4, 0.5) is 0 Å². The fourth-order valence-corrected chi connectivity index (χ4v) is 5.60. The van der Waals surface area contributed by atoms with E-state index in [9.17, 15) is 14.7 Å². The van der Waals surface area contributed by atoms with Gasteiger partial charge in [-0.1, -0.05) is 149 Å². The van der Waals surface area contributed by atoms with Gasteiger partial charge in [-0.15, -0.1) is 0 Å². The summed E-state index contributed by atoms with van der Waals surface area (Å²) in [7, 11) is 0. The normalized spacial score (nSPS) is 16.9. The Hall–Kier alpha value is -2.40. The molecule has 1 saturated heterocycles. The maximum atomic E-state index is 13.1. The lowest BCUT2D eigenvalue weighted by molar-refractivity contribution is -0.139. The Morgan fingerprint density at radius 3 is 1.76 bits per heavy atom. The largest absolute Gasteiger partial charge is 0.507 e. The second kappa shape index (κ2) is 16.5. The third kappa shape index (κ3) is 8.83. The predicted octanol–water partition coefficient (Wildman–Crippen LogP) is 9.35. The molecule has 1 aliphatic rings. The van der Waals surface area contributed by atoms with E-state index in [1.165, 1.54) is 70.6 Å². The van der Waals surface area contributed by atoms with Crippen molar-refractivity contribution < 1.29 is 14.7 Å². The molecule has 2 aromatic carbocycles. The molecule has 1 fully saturated rings. The Labute approximate surface area is 237 Å². The van der Waals surface area contributed by atoms with Crippen LogP contribution in [0.1, 0.15) is 114 Å². The van der Waals surface area contributed by atoms with Crippen molar-refractivity contribution in [3.63, 3.8) is 0 Å². The molecule has 2 aromatic rings. The number of amides is 1. The molecule has 206 valence electrons. The standard InChI is InChI=1S/C33H44BrNO3/c1-2-3-4-5-6-7-8-9-10-11-12-13-14-18-25-35-30(26-19-16-15-17-20-26)29(32(37)33(35)38)31(36)27-21-23-28(34)24-22-27/h15-17,19-24,30,36H,2-14,18,25H2,1H3. The molecule has 0 bridgehead atoms. The number of halogens is 1. The minimum atomic E-state index is -0.607. The SMILES string of the molecule is CCCCCCCCCCCCCCCCN1C(=O)C(=O)C(=C(O)c2ccc(Br)cc2)C1c1ccccc1. The number of hydrogen-bond acceptors (Lipinski definition) is 3. The van der Waals surface area contributed by atoms with Crippen LogP contribution < -0.4 is 0 Å². The van der Waals surface area contributed by atoms with Crippen molar-refractivity contribution in [1.29, 1.82) is 0 Å². The monoisotopic (exact) mass is 581 g/mol. The lowest BCUT2D eigenvalue weighted by Crippen LogP contribution is -2.30. The molecule has 3 rings (SSSR count). The number of nitrogens with zero attached hydrogens (tertiary/aromatic N) is 1. The average molecular weight is 583 g/mol. The van der Waals surface area contributed by atoms with E-state index in [4.69, 9.17) is 0 Å². The van der Waals surface area contributed by atoms with Gasteiger partial charge in [0.25, 0.3) is 11.7 Å². The molecule has 5 heteroatoms. The molecule has 1 heterocycles. The number of ketones is 1. The Morgan fingerprint density at radius 1 is 0.737 bits per heavy atom. The first-order valence-corrected chi connectivity index (χ1v) is 15.4. The molecule has 0 aliphatic carbocycles. The quantitative estimate of drug-likeness (QED) is 0.0875. The summed E-state index contributed by atoms with van der Waals surface area (Å²) < 4.78 is 0.881. The van der Waals surface area contributed by atoms with Gasteiger partial charge in [0.2, 0.25) is 0 Å². The van der Waals surface area contributed by atoms with E-state index < -0.39 is 17.7 Å². The number of benzene rings is 2. The van der Waals surface area contributed by atoms with Gasteiger partial charge < -0.3 is 10.0 Å². The van der Waals surface area contributed by atoms with E-state index in [0.29, 0.717) is 12.1 Å². The topological polar surface area (TPSA) is 57.6 Å². The van der Waals surface area contributed by atoms with Crippen LogP contribution in [-0.4, -0.2) is 28.2 Å². The van der Waals surface area contributed by atoms with Crippen LogP contribution in [0.5, 0.6) is 0 Å². The number of aliphatic hydroxyl groups excluding tert-OH is 1. The highest BCUT2D eigenvalue weighted by molar-refractivity contribution is 9.10. The van der Waals surface area contributed by atoms with Crippen molar-refractivity contribution in [2.45, 2.75) is 103 Å². The molecule has 1 amide bonds. The number of carbonyl (C=O) groups excluding carboxylic acids is 2. The summed E-state index contributed by atoms with van der Waals surface area (Å²) in [6.07, 6.45) is 17.8. The molecule has 0 spiro atoms. The van der Waals surface area contributed by atoms with Crippen molar-refractivity contribution >= 4 is 33.4 Å². The van der Waals surface area contributed by atoms with Crippen LogP contribution in [0.25, 0.3) is 5.76 Å². The summed E-state index contributed by atoms with van der Waals surface area (Å²) >= 11 is 3.40. The molecule has 0 saturated carbocycles. The van der Waals surface area contributed by atoms with Crippen molar-refractivity contribution in [2.75, 3.05) is 6.54 Å². The summed E-state index contributed by atoms with van der Waals surface area (Å²) in [5.74, 6) is -1.25. The summed E-state index contributed by atoms with van der Waals surface area (Å²) in [6.45, 7) is 2.78. The van der Waals surface area contributed by atoms with Gasteiger partial charge >= 0.3 is 0 Å². The van der Waals surface area contributed by atoms with E-state index in [1.807, 2.05) is 42.5 Å². The molecule has 1 atom stereocenters. The second-order valence-electron chi connectivity index (χ2n) is 10.5. The van der Waals surface area contributed by atoms with Crippen LogP contribution >= 0.6 is 15.9 Å². The number of rotatable bonds is 17. The van der Waals surface area contributed by atoms with Gasteiger partial charge in [-0.05, 0) is 24.1 Å². The van der Waals surface area contributed by atoms with Crippen LogP contribution in [0.15, 0.2) is 64.6 Å². The molecule has 4 nitrogen and oxygen atoms in total. The minimum Gasteiger partial charge on any atom is -0.507 e. The minimum absolute atomic E-state index is 0.117. The zero-order chi connectivity index (χ0) is 27.2. The van der Waals surface area contributed by atoms with Crippen LogP contribution in [0.2, 0.25) is 0 Å². The maximum absolute atomic E-state index is 13.1. The van der Waals surface area contributed by atoms with Gasteiger partial charge in [0.1, 0.15) is 5.76 Å². The Balaban J connectivity index is 1.49. The van der Waals surface area contributed by atoms with Crippen molar-refractivity contribution in [2.24, 2.45) is 0 Å². The number of hydrogen-bond donors (Lipinski definition) is 1. The number of Topliss-reactive ketones (excluding diaryl/α,β-unsaturated/α-hetero) is 1. The van der Waals surface area contributed by atoms with Gasteiger partial charge in [-0.25, -0.2) is 0 Å². The van der Waals surface area contributed by atoms with Crippen LogP contribution in [0.3, 0.4) is 0 Å². The summed E-state index contributed by atoms with van der Waals surface area (Å²) in [6, 6.07) is 16.1. The smallest absolute Gasteiger partial charge is 0.295 e. The molecule has 1 unspecified atom stereocenters. The van der Waals surface area contributed by atoms with E-state index in [-0.39, 0.29) is 11.3 Å². The fourth-order valence-electron chi connectivity index (χ4n) is 5.33. The molecular weight excluding hydrogens is 538 g/mol. The zero-order valence-corrected chi connectivity index (χ0v) is 24.6. The van der Waals surface area contributed by atoms with Crippen molar-refractivity contribution in [3.05, 3.63) is 75.8 Å². The number of aliphatic hydroxyl groups is 1. The van der Waals surface area contributed by atoms with Gasteiger partial charge in [0.15, 0.2) is 0 Å². The Kier molecular flexibility index (Phi) is 13.1. The number of unbranched alkanes of at least 4 members (excludes halogenated alkanes) is 13. The average Bonchev–Trinajstić information content (AvgIpc) is 3.18. The number of likely N-dealkylation sites (tertiary alicyclic amines) is 1. The van der Waals surface area contributed by atoms with Gasteiger partial charge in [0, 0.05) is 16.6 Å². The van der Waals surface area contributed by atoms with Crippen LogP contribution in [-0.2, 0) is 9.59 Å². The number of carbonyl (C=O) groups is 2. The van der Waals surface area contributed by atoms with E-state index in [0.717, 1.165) is 29.3 Å². The molecule has 38 heavy (non-hydrogen) atoms. The first kappa shape index (κ1) is 30.1. The second-order valence-corrected chi connectivity index (χ2v) is 11.4. The van der Waals surface area contributed by atoms with Gasteiger partial charge in [-0.3, -0.25) is 9.59 Å². The van der Waals surface area contributed by atoms with E-state index in [2.05, 4.69) is 22.9 Å². The summed E-state index contributed by atoms with van der Waals surface area (Å²) in [4.78, 5) is 27.8. The highest BCUT2D eigenvalue weighted by Crippen LogP contribution is 2.39. The Morgan fingerprint density at radius 2 is 1.24 bits per heavy atom. The Bertz CT molecular complexity index is 1030. The third-order valence-electron chi connectivity index (χ3n) is 7.53. The molecule has 0 radical (unpaired) electrons. The summed E-state index contributed by atoms with van der Waals surface area (Å²) in [5, 5.41) is 11.1. The maximum Gasteiger partial charge on any atom is 0.295 e. The highest BCUT2D eigenvalue weighted by Gasteiger charge is 2.45. The first-order valence-electron chi connectivity index (χ1n) is 14.6. The first-order chi connectivity index (χ1) is 18.5. The highest BCUT2D eigenvalue weighted by atomic mass is 79.9. The predicted molar refractivity (Wildman–Crippen MR) is 160 cm³/mol. The van der Waals surface area contributed by atoms with Gasteiger partial charge in [-0.2, -0.15) is 0 Å². The molecular formula is C33H44BrNO3. The third-order valence-corrected chi connectivity index (χ3v) is 8.05. The van der Waals surface area contributed by atoms with Crippen LogP contribution in [0, 0.1) is 0 Å². The molecule has 0 aromatic heterocycles. The van der Waals surface area contributed by atoms with Crippen molar-refractivity contribution in [1.82, 2.24) is 4.90 Å². The lowest BCUT2D eigenvalue weighted by Gasteiger charge is -2.25. The lowest BCUT2D eigenvalue weighted by atomic mass is 9.95. The van der Waals surface area contributed by atoms with E-state index in [1.54, 1.807) is 17.0 Å². The molecule has 1 aliphatic heterocycles. The van der Waals surface area contributed by atoms with Crippen molar-refractivity contribution in [3.8, 4) is 0 Å². The van der Waals surface area contributed by atoms with E-state index >= 15 is 0 Å². The zero-order valence-electron chi connectivity index (χ0n) is 23.0.